The monoisotopic (exact) mass is 518 g/mol. The number of hydrogen-bond acceptors (Lipinski definition) is 6. The maximum atomic E-state index is 13.3. The molecule has 184 valence electrons. The molecule has 4 aromatic rings. The molecule has 0 saturated heterocycles. The summed E-state index contributed by atoms with van der Waals surface area (Å²) in [6.45, 7) is 5.37. The highest BCUT2D eigenvalue weighted by molar-refractivity contribution is 8.01. The molecule has 2 N–H and O–H groups in total. The number of nitrogens with zero attached hydrogens (tertiary/aromatic N) is 1. The zero-order valence-electron chi connectivity index (χ0n) is 20.4. The Hall–Kier alpha value is -3.62. The lowest BCUT2D eigenvalue weighted by Crippen LogP contribution is -2.26. The molecule has 0 unspecified atom stereocenters. The molecule has 6 nitrogen and oxygen atoms in total. The van der Waals surface area contributed by atoms with E-state index >= 15 is 0 Å². The van der Waals surface area contributed by atoms with E-state index in [1.54, 1.807) is 45.2 Å². The van der Waals surface area contributed by atoms with Crippen LogP contribution in [0.2, 0.25) is 0 Å². The minimum atomic E-state index is -0.936. The van der Waals surface area contributed by atoms with Gasteiger partial charge in [-0.3, -0.25) is 9.59 Å². The smallest absolute Gasteiger partial charge is 0.319 e. The van der Waals surface area contributed by atoms with Crippen molar-refractivity contribution in [1.29, 1.82) is 0 Å². The lowest BCUT2D eigenvalue weighted by molar-refractivity contribution is -0.138. The van der Waals surface area contributed by atoms with Crippen LogP contribution in [0.5, 0.6) is 5.75 Å². The van der Waals surface area contributed by atoms with Gasteiger partial charge in [0.2, 0.25) is 0 Å². The number of carbonyl (C=O) groups is 2. The van der Waals surface area contributed by atoms with Crippen molar-refractivity contribution in [3.8, 4) is 26.8 Å². The van der Waals surface area contributed by atoms with Crippen LogP contribution in [0.15, 0.2) is 77.7 Å². The second-order valence-corrected chi connectivity index (χ2v) is 11.4. The molecule has 0 aliphatic carbocycles. The fourth-order valence-corrected chi connectivity index (χ4v) is 5.39. The highest BCUT2D eigenvalue weighted by atomic mass is 32.2. The molecule has 4 rings (SSSR count). The molecular formula is C28H26N2O4S2. The molecule has 8 heteroatoms. The molecular weight excluding hydrogens is 492 g/mol. The number of amides is 1. The van der Waals surface area contributed by atoms with E-state index in [-0.39, 0.29) is 5.91 Å². The van der Waals surface area contributed by atoms with Crippen molar-refractivity contribution in [3.63, 3.8) is 0 Å². The van der Waals surface area contributed by atoms with E-state index in [4.69, 9.17) is 9.72 Å². The summed E-state index contributed by atoms with van der Waals surface area (Å²) in [5.41, 5.74) is 3.90. The molecule has 1 amide bonds. The first-order chi connectivity index (χ1) is 17.2. The summed E-state index contributed by atoms with van der Waals surface area (Å²) in [5, 5.41) is 13.0. The molecule has 0 spiro atoms. The second-order valence-electron chi connectivity index (χ2n) is 8.69. The van der Waals surface area contributed by atoms with Crippen molar-refractivity contribution in [1.82, 2.24) is 4.98 Å². The molecule has 0 fully saturated rings. The number of hydrogen-bond donors (Lipinski definition) is 2. The second kappa shape index (κ2) is 10.6. The SMILES string of the molecule is COc1ccc(NC(=O)c2nc(-c3ccc(SC(C)(C)C(=O)O)cc3)sc2-c2ccc(C)cc2)cc1. The first-order valence-electron chi connectivity index (χ1n) is 11.2. The Labute approximate surface area is 218 Å². The Morgan fingerprint density at radius 2 is 1.56 bits per heavy atom. The minimum absolute atomic E-state index is 0.298. The van der Waals surface area contributed by atoms with E-state index in [0.717, 1.165) is 26.5 Å². The molecule has 36 heavy (non-hydrogen) atoms. The summed E-state index contributed by atoms with van der Waals surface area (Å²) in [7, 11) is 1.59. The minimum Gasteiger partial charge on any atom is -0.497 e. The van der Waals surface area contributed by atoms with Crippen molar-refractivity contribution in [2.24, 2.45) is 0 Å². The Morgan fingerprint density at radius 1 is 0.944 bits per heavy atom. The maximum absolute atomic E-state index is 13.3. The van der Waals surface area contributed by atoms with Gasteiger partial charge in [-0.05, 0) is 62.7 Å². The number of thiazole rings is 1. The summed E-state index contributed by atoms with van der Waals surface area (Å²) in [6.07, 6.45) is 0. The third-order valence-corrected chi connectivity index (χ3v) is 7.84. The van der Waals surface area contributed by atoms with Gasteiger partial charge in [0.25, 0.3) is 5.91 Å². The summed E-state index contributed by atoms with van der Waals surface area (Å²) in [5.74, 6) is -0.460. The quantitative estimate of drug-likeness (QED) is 0.244. The Kier molecular flexibility index (Phi) is 7.47. The number of aliphatic carboxylic acids is 1. The topological polar surface area (TPSA) is 88.5 Å². The number of nitrogens with one attached hydrogen (secondary N) is 1. The van der Waals surface area contributed by atoms with E-state index in [1.165, 1.54) is 23.1 Å². The predicted molar refractivity (Wildman–Crippen MR) is 146 cm³/mol. The summed E-state index contributed by atoms with van der Waals surface area (Å²) in [4.78, 5) is 31.1. The average Bonchev–Trinajstić information content (AvgIpc) is 3.31. The Bertz CT molecular complexity index is 1380. The molecule has 3 aromatic carbocycles. The molecule has 0 bridgehead atoms. The lowest BCUT2D eigenvalue weighted by Gasteiger charge is -2.18. The molecule has 0 aliphatic rings. The standard InChI is InChI=1S/C28H26N2O4S2/c1-17-5-7-18(8-6-17)24-23(25(31)29-20-11-13-21(34-4)14-12-20)30-26(35-24)19-9-15-22(16-10-19)36-28(2,3)27(32)33/h5-16H,1-4H3,(H,29,31)(H,32,33). The molecule has 0 radical (unpaired) electrons. The summed E-state index contributed by atoms with van der Waals surface area (Å²) in [6, 6.07) is 22.7. The van der Waals surface area contributed by atoms with Crippen LogP contribution < -0.4 is 10.1 Å². The van der Waals surface area contributed by atoms with Crippen molar-refractivity contribution in [2.45, 2.75) is 30.4 Å². The van der Waals surface area contributed by atoms with Crippen LogP contribution >= 0.6 is 23.1 Å². The fourth-order valence-electron chi connectivity index (χ4n) is 3.37. The van der Waals surface area contributed by atoms with Gasteiger partial charge in [-0.25, -0.2) is 4.98 Å². The van der Waals surface area contributed by atoms with Crippen molar-refractivity contribution in [3.05, 3.63) is 84.1 Å². The zero-order valence-corrected chi connectivity index (χ0v) is 22.0. The van der Waals surface area contributed by atoms with Gasteiger partial charge in [-0.2, -0.15) is 0 Å². The molecule has 0 saturated carbocycles. The molecule has 1 heterocycles. The van der Waals surface area contributed by atoms with Crippen molar-refractivity contribution >= 4 is 40.7 Å². The number of aromatic nitrogens is 1. The normalized spacial score (nSPS) is 11.2. The van der Waals surface area contributed by atoms with Crippen LogP contribution in [-0.2, 0) is 4.79 Å². The number of rotatable bonds is 8. The molecule has 1 aromatic heterocycles. The molecule has 0 aliphatic heterocycles. The number of carboxylic acid groups (broad SMARTS) is 1. The van der Waals surface area contributed by atoms with E-state index < -0.39 is 10.7 Å². The van der Waals surface area contributed by atoms with E-state index in [1.807, 2.05) is 55.5 Å². The number of carbonyl (C=O) groups excluding carboxylic acids is 1. The first-order valence-corrected chi connectivity index (χ1v) is 12.9. The number of carboxylic acids is 1. The number of methoxy groups -OCH3 is 1. The van der Waals surface area contributed by atoms with Gasteiger partial charge >= 0.3 is 5.97 Å². The molecule has 0 atom stereocenters. The number of benzene rings is 3. The van der Waals surface area contributed by atoms with E-state index in [2.05, 4.69) is 5.32 Å². The number of thioether (sulfide) groups is 1. The van der Waals surface area contributed by atoms with Gasteiger partial charge in [0.05, 0.1) is 12.0 Å². The highest BCUT2D eigenvalue weighted by Crippen LogP contribution is 2.38. The maximum Gasteiger partial charge on any atom is 0.319 e. The van der Waals surface area contributed by atoms with Crippen LogP contribution in [0.1, 0.15) is 29.9 Å². The van der Waals surface area contributed by atoms with Crippen LogP contribution in [-0.4, -0.2) is 33.8 Å². The third-order valence-electron chi connectivity index (χ3n) is 5.49. The Morgan fingerprint density at radius 3 is 2.14 bits per heavy atom. The van der Waals surface area contributed by atoms with Gasteiger partial charge in [-0.1, -0.05) is 42.0 Å². The Balaban J connectivity index is 1.66. The predicted octanol–water partition coefficient (Wildman–Crippen LogP) is 7.00. The fraction of sp³-hybridized carbons (Fsp3) is 0.179. The lowest BCUT2D eigenvalue weighted by atomic mass is 10.1. The first kappa shape index (κ1) is 25.5. The average molecular weight is 519 g/mol. The van der Waals surface area contributed by atoms with Gasteiger partial charge in [0.1, 0.15) is 21.2 Å². The third kappa shape index (κ3) is 5.78. The van der Waals surface area contributed by atoms with Gasteiger partial charge in [0, 0.05) is 16.1 Å². The number of aryl methyl sites for hydroxylation is 1. The van der Waals surface area contributed by atoms with Crippen LogP contribution in [0, 0.1) is 6.92 Å². The number of anilines is 1. The van der Waals surface area contributed by atoms with Crippen molar-refractivity contribution in [2.75, 3.05) is 12.4 Å². The van der Waals surface area contributed by atoms with Crippen LogP contribution in [0.3, 0.4) is 0 Å². The van der Waals surface area contributed by atoms with Gasteiger partial charge < -0.3 is 15.2 Å². The highest BCUT2D eigenvalue weighted by Gasteiger charge is 2.28. The van der Waals surface area contributed by atoms with Crippen molar-refractivity contribution < 1.29 is 19.4 Å². The summed E-state index contributed by atoms with van der Waals surface area (Å²) >= 11 is 2.73. The zero-order chi connectivity index (χ0) is 25.9. The largest absolute Gasteiger partial charge is 0.497 e. The van der Waals surface area contributed by atoms with E-state index in [9.17, 15) is 14.7 Å². The number of ether oxygens (including phenoxy) is 1. The van der Waals surface area contributed by atoms with Gasteiger partial charge in [0.15, 0.2) is 0 Å². The van der Waals surface area contributed by atoms with Crippen LogP contribution in [0.25, 0.3) is 21.0 Å². The van der Waals surface area contributed by atoms with Gasteiger partial charge in [-0.15, -0.1) is 23.1 Å². The summed E-state index contributed by atoms with van der Waals surface area (Å²) < 4.78 is 4.25. The van der Waals surface area contributed by atoms with E-state index in [0.29, 0.717) is 22.1 Å². The van der Waals surface area contributed by atoms with Crippen LogP contribution in [0.4, 0.5) is 5.69 Å².